The van der Waals surface area contributed by atoms with Crippen molar-refractivity contribution in [3.63, 3.8) is 0 Å². The predicted molar refractivity (Wildman–Crippen MR) is 121 cm³/mol. The normalized spacial score (nSPS) is 11.4. The van der Waals surface area contributed by atoms with Gasteiger partial charge in [0.1, 0.15) is 5.52 Å². The van der Waals surface area contributed by atoms with Gasteiger partial charge in [0.2, 0.25) is 0 Å². The number of rotatable bonds is 2. The molecule has 0 spiro atoms. The zero-order chi connectivity index (χ0) is 21.0. The fourth-order valence-corrected chi connectivity index (χ4v) is 4.13. The summed E-state index contributed by atoms with van der Waals surface area (Å²) in [7, 11) is 0. The molecule has 0 saturated heterocycles. The summed E-state index contributed by atoms with van der Waals surface area (Å²) in [6.45, 7) is 1.66. The average molecular weight is 528 g/mol. The Labute approximate surface area is 185 Å². The van der Waals surface area contributed by atoms with Crippen LogP contribution < -0.4 is 11.2 Å². The van der Waals surface area contributed by atoms with Gasteiger partial charge in [-0.25, -0.2) is 14.0 Å². The Morgan fingerprint density at radius 3 is 2.63 bits per heavy atom. The van der Waals surface area contributed by atoms with Crippen molar-refractivity contribution in [1.82, 2.24) is 29.5 Å². The molecule has 0 amide bonds. The second kappa shape index (κ2) is 6.99. The quantitative estimate of drug-likeness (QED) is 0.378. The molecule has 2 aromatic carbocycles. The van der Waals surface area contributed by atoms with Crippen LogP contribution >= 0.6 is 31.9 Å². The van der Waals surface area contributed by atoms with Gasteiger partial charge < -0.3 is 4.98 Å². The molecule has 3 aromatic heterocycles. The molecule has 8 nitrogen and oxygen atoms in total. The van der Waals surface area contributed by atoms with E-state index in [1.807, 2.05) is 30.3 Å². The lowest BCUT2D eigenvalue weighted by atomic mass is 10.1. The smallest absolute Gasteiger partial charge is 0.309 e. The summed E-state index contributed by atoms with van der Waals surface area (Å²) in [5.41, 5.74) is 1.16. The van der Waals surface area contributed by atoms with Gasteiger partial charge in [-0.15, -0.1) is 5.10 Å². The van der Waals surface area contributed by atoms with Crippen LogP contribution in [0.1, 0.15) is 5.69 Å². The second-order valence-corrected chi connectivity index (χ2v) is 8.39. The summed E-state index contributed by atoms with van der Waals surface area (Å²) < 4.78 is 4.13. The molecular weight excluding hydrogens is 516 g/mol. The maximum absolute atomic E-state index is 13.6. The van der Waals surface area contributed by atoms with E-state index in [4.69, 9.17) is 0 Å². The summed E-state index contributed by atoms with van der Waals surface area (Å²) in [5, 5.41) is 9.90. The Hall–Kier alpha value is -3.11. The van der Waals surface area contributed by atoms with Crippen molar-refractivity contribution >= 4 is 53.7 Å². The fraction of sp³-hybridized carbons (Fsp3) is 0.0500. The lowest BCUT2D eigenvalue weighted by Crippen LogP contribution is -2.37. The Morgan fingerprint density at radius 1 is 1.03 bits per heavy atom. The number of aromatic nitrogens is 6. The number of benzene rings is 2. The summed E-state index contributed by atoms with van der Waals surface area (Å²) in [6.07, 6.45) is 3.19. The van der Waals surface area contributed by atoms with E-state index < -0.39 is 11.2 Å². The first-order chi connectivity index (χ1) is 14.5. The number of nitrogens with one attached hydrogen (secondary N) is 1. The molecule has 0 fully saturated rings. The number of hydrogen-bond donors (Lipinski definition) is 1. The van der Waals surface area contributed by atoms with Crippen molar-refractivity contribution in [2.24, 2.45) is 0 Å². The summed E-state index contributed by atoms with van der Waals surface area (Å²) >= 11 is 6.91. The van der Waals surface area contributed by atoms with Crippen molar-refractivity contribution in [3.05, 3.63) is 84.3 Å². The number of pyridine rings is 1. The molecule has 0 radical (unpaired) electrons. The Kier molecular flexibility index (Phi) is 4.40. The summed E-state index contributed by atoms with van der Waals surface area (Å²) in [4.78, 5) is 33.3. The molecule has 148 valence electrons. The van der Waals surface area contributed by atoms with Gasteiger partial charge in [-0.2, -0.15) is 0 Å². The number of H-pyrrole nitrogens is 1. The monoisotopic (exact) mass is 526 g/mol. The van der Waals surface area contributed by atoms with Gasteiger partial charge in [0, 0.05) is 31.6 Å². The van der Waals surface area contributed by atoms with Gasteiger partial charge in [-0.05, 0) is 50.9 Å². The van der Waals surface area contributed by atoms with Crippen LogP contribution in [-0.2, 0) is 0 Å². The number of aryl methyl sites for hydroxylation is 1. The molecule has 0 aliphatic rings. The highest BCUT2D eigenvalue weighted by atomic mass is 79.9. The highest BCUT2D eigenvalue weighted by molar-refractivity contribution is 9.13. The average Bonchev–Trinajstić information content (AvgIpc) is 3.10. The van der Waals surface area contributed by atoms with E-state index in [2.05, 4.69) is 52.1 Å². The van der Waals surface area contributed by atoms with Crippen molar-refractivity contribution in [2.75, 3.05) is 0 Å². The van der Waals surface area contributed by atoms with Crippen LogP contribution in [0.25, 0.3) is 33.2 Å². The molecule has 1 N–H and O–H groups in total. The second-order valence-electron chi connectivity index (χ2n) is 6.68. The predicted octanol–water partition coefficient (Wildman–Crippen LogP) is 3.64. The van der Waals surface area contributed by atoms with Crippen molar-refractivity contribution in [2.45, 2.75) is 6.92 Å². The van der Waals surface area contributed by atoms with Crippen LogP contribution in [0, 0.1) is 6.92 Å². The molecule has 10 heteroatoms. The molecule has 3 heterocycles. The van der Waals surface area contributed by atoms with Crippen LogP contribution in [0.3, 0.4) is 0 Å². The third-order valence-electron chi connectivity index (χ3n) is 4.85. The van der Waals surface area contributed by atoms with Crippen LogP contribution in [0.15, 0.2) is 67.3 Å². The van der Waals surface area contributed by atoms with Crippen LogP contribution in [-0.4, -0.2) is 29.5 Å². The summed E-state index contributed by atoms with van der Waals surface area (Å²) in [5.74, 6) is 0. The number of nitrogens with zero attached hydrogens (tertiary/aromatic N) is 5. The Balaban J connectivity index is 1.86. The Morgan fingerprint density at radius 2 is 1.80 bits per heavy atom. The van der Waals surface area contributed by atoms with E-state index in [9.17, 15) is 9.59 Å². The number of fused-ring (bicyclic) bond motifs is 2. The molecule has 0 atom stereocenters. The van der Waals surface area contributed by atoms with E-state index in [1.54, 1.807) is 19.2 Å². The summed E-state index contributed by atoms with van der Waals surface area (Å²) in [6, 6.07) is 11.1. The maximum Gasteiger partial charge on any atom is 0.333 e. The molecule has 0 saturated carbocycles. The minimum absolute atomic E-state index is 0.208. The van der Waals surface area contributed by atoms with Gasteiger partial charge >= 0.3 is 5.69 Å². The zero-order valence-corrected chi connectivity index (χ0v) is 18.6. The standard InChI is InChI=1S/C20H12Br2N6O2/c1-10-18(28-16-7-14(22)13(21)6-15(16)25-26-28)19(29)27(20(30)24-10)17-9-23-8-11-4-2-3-5-12(11)17/h2-9H,1H3,(H,24,30). The first-order valence-electron chi connectivity index (χ1n) is 8.85. The van der Waals surface area contributed by atoms with Gasteiger partial charge in [0.15, 0.2) is 5.69 Å². The number of aromatic amines is 1. The molecule has 0 unspecified atom stereocenters. The minimum atomic E-state index is -0.548. The van der Waals surface area contributed by atoms with Gasteiger partial charge in [-0.1, -0.05) is 29.5 Å². The molecule has 0 bridgehead atoms. The van der Waals surface area contributed by atoms with Gasteiger partial charge in [0.05, 0.1) is 17.4 Å². The lowest BCUT2D eigenvalue weighted by Gasteiger charge is -2.12. The van der Waals surface area contributed by atoms with Crippen LogP contribution in [0.2, 0.25) is 0 Å². The molecule has 5 aromatic rings. The van der Waals surface area contributed by atoms with E-state index >= 15 is 0 Å². The third kappa shape index (κ3) is 2.83. The number of halogens is 2. The Bertz CT molecular complexity index is 1580. The SMILES string of the molecule is Cc1[nH]c(=O)n(-c2cncc3ccccc23)c(=O)c1-n1nnc2cc(Br)c(Br)cc21. The van der Waals surface area contributed by atoms with Gasteiger partial charge in [0.25, 0.3) is 5.56 Å². The van der Waals surface area contributed by atoms with E-state index in [1.165, 1.54) is 10.9 Å². The lowest BCUT2D eigenvalue weighted by molar-refractivity contribution is 0.763. The molecular formula is C20H12Br2N6O2. The first kappa shape index (κ1) is 18.9. The third-order valence-corrected chi connectivity index (χ3v) is 6.69. The van der Waals surface area contributed by atoms with Crippen LogP contribution in [0.5, 0.6) is 0 Å². The largest absolute Gasteiger partial charge is 0.333 e. The molecule has 0 aliphatic carbocycles. The molecule has 5 rings (SSSR count). The topological polar surface area (TPSA) is 98.5 Å². The highest BCUT2D eigenvalue weighted by Crippen LogP contribution is 2.28. The minimum Gasteiger partial charge on any atom is -0.309 e. The molecule has 30 heavy (non-hydrogen) atoms. The van der Waals surface area contributed by atoms with Crippen molar-refractivity contribution < 1.29 is 0 Å². The van der Waals surface area contributed by atoms with Gasteiger partial charge in [-0.3, -0.25) is 9.78 Å². The van der Waals surface area contributed by atoms with E-state index in [-0.39, 0.29) is 5.69 Å². The molecule has 0 aliphatic heterocycles. The van der Waals surface area contributed by atoms with Crippen LogP contribution in [0.4, 0.5) is 0 Å². The van der Waals surface area contributed by atoms with Crippen molar-refractivity contribution in [3.8, 4) is 11.4 Å². The zero-order valence-electron chi connectivity index (χ0n) is 15.4. The first-order valence-corrected chi connectivity index (χ1v) is 10.4. The van der Waals surface area contributed by atoms with E-state index in [0.717, 1.165) is 24.3 Å². The fourth-order valence-electron chi connectivity index (χ4n) is 3.46. The van der Waals surface area contributed by atoms with Crippen molar-refractivity contribution in [1.29, 1.82) is 0 Å². The van der Waals surface area contributed by atoms with E-state index in [0.29, 0.717) is 22.4 Å². The number of hydrogen-bond acceptors (Lipinski definition) is 5. The maximum atomic E-state index is 13.6. The highest BCUT2D eigenvalue weighted by Gasteiger charge is 2.20.